The van der Waals surface area contributed by atoms with Crippen molar-refractivity contribution < 1.29 is 14.3 Å². The summed E-state index contributed by atoms with van der Waals surface area (Å²) in [5, 5.41) is 1.25. The molecule has 0 saturated carbocycles. The average molecular weight is 416 g/mol. The summed E-state index contributed by atoms with van der Waals surface area (Å²) in [6, 6.07) is 13.9. The van der Waals surface area contributed by atoms with Gasteiger partial charge in [0.05, 0.1) is 12.3 Å². The van der Waals surface area contributed by atoms with E-state index < -0.39 is 11.8 Å². The van der Waals surface area contributed by atoms with E-state index in [-0.39, 0.29) is 0 Å². The highest BCUT2D eigenvalue weighted by atomic mass is 35.5. The molecule has 0 atom stereocenters. The lowest BCUT2D eigenvalue weighted by atomic mass is 10.2. The molecule has 1 aromatic heterocycles. The topological polar surface area (TPSA) is 80.3 Å². The number of nitrogens with one attached hydrogen (secondary N) is 2. The van der Waals surface area contributed by atoms with Gasteiger partial charge >= 0.3 is 0 Å². The van der Waals surface area contributed by atoms with Crippen molar-refractivity contribution in [2.75, 3.05) is 6.61 Å². The molecule has 0 radical (unpaired) electrons. The number of hydrogen-bond acceptors (Lipinski definition) is 5. The Kier molecular flexibility index (Phi) is 6.28. The number of ether oxygens (including phenoxy) is 1. The summed E-state index contributed by atoms with van der Waals surface area (Å²) in [6.45, 7) is 4.28. The van der Waals surface area contributed by atoms with Crippen LogP contribution >= 0.6 is 22.9 Å². The molecule has 2 N–H and O–H groups in total. The van der Waals surface area contributed by atoms with Gasteiger partial charge in [-0.25, -0.2) is 4.98 Å². The van der Waals surface area contributed by atoms with Crippen molar-refractivity contribution in [3.63, 3.8) is 0 Å². The Bertz CT molecular complexity index is 985. The molecule has 1 heterocycles. The maximum Gasteiger partial charge on any atom is 0.281 e. The van der Waals surface area contributed by atoms with Crippen molar-refractivity contribution in [1.82, 2.24) is 15.8 Å². The van der Waals surface area contributed by atoms with Crippen LogP contribution in [0, 0.1) is 6.92 Å². The second kappa shape index (κ2) is 8.86. The number of halogens is 1. The fourth-order valence-electron chi connectivity index (χ4n) is 2.43. The minimum absolute atomic E-state index is 0.390. The number of carbonyl (C=O) groups excluding carboxylic acids is 2. The molecule has 0 bridgehead atoms. The number of aromatic nitrogens is 1. The molecule has 144 valence electrons. The number of rotatable bonds is 5. The van der Waals surface area contributed by atoms with E-state index in [1.54, 1.807) is 31.2 Å². The van der Waals surface area contributed by atoms with Crippen LogP contribution in [-0.2, 0) is 0 Å². The van der Waals surface area contributed by atoms with Gasteiger partial charge in [0.15, 0.2) is 0 Å². The lowest BCUT2D eigenvalue weighted by molar-refractivity contribution is 0.0848. The average Bonchev–Trinajstić information content (AvgIpc) is 3.09. The van der Waals surface area contributed by atoms with E-state index in [0.29, 0.717) is 27.8 Å². The van der Waals surface area contributed by atoms with Crippen LogP contribution in [0.5, 0.6) is 5.75 Å². The Balaban J connectivity index is 1.67. The molecule has 0 aliphatic rings. The number of hydrazine groups is 1. The van der Waals surface area contributed by atoms with Crippen LogP contribution in [0.25, 0.3) is 10.6 Å². The third kappa shape index (κ3) is 4.68. The Hall–Kier alpha value is -2.90. The van der Waals surface area contributed by atoms with Gasteiger partial charge in [0.25, 0.3) is 11.8 Å². The summed E-state index contributed by atoms with van der Waals surface area (Å²) >= 11 is 7.06. The fraction of sp³-hybridized carbons (Fsp3) is 0.150. The van der Waals surface area contributed by atoms with Crippen LogP contribution in [0.1, 0.15) is 32.6 Å². The van der Waals surface area contributed by atoms with E-state index in [2.05, 4.69) is 15.8 Å². The monoisotopic (exact) mass is 415 g/mol. The quantitative estimate of drug-likeness (QED) is 0.610. The molecule has 6 nitrogen and oxygen atoms in total. The second-order valence-electron chi connectivity index (χ2n) is 5.81. The van der Waals surface area contributed by atoms with Crippen LogP contribution in [0.15, 0.2) is 48.5 Å². The highest BCUT2D eigenvalue weighted by Crippen LogP contribution is 2.29. The van der Waals surface area contributed by atoms with Crippen molar-refractivity contribution in [3.05, 3.63) is 69.7 Å². The van der Waals surface area contributed by atoms with Gasteiger partial charge in [0, 0.05) is 16.1 Å². The third-order valence-electron chi connectivity index (χ3n) is 3.81. The van der Waals surface area contributed by atoms with Crippen molar-refractivity contribution in [2.45, 2.75) is 13.8 Å². The summed E-state index contributed by atoms with van der Waals surface area (Å²) in [4.78, 5) is 29.4. The minimum Gasteiger partial charge on any atom is -0.494 e. The molecule has 0 spiro atoms. The zero-order valence-electron chi connectivity index (χ0n) is 15.3. The van der Waals surface area contributed by atoms with E-state index in [4.69, 9.17) is 16.3 Å². The van der Waals surface area contributed by atoms with Crippen LogP contribution < -0.4 is 15.6 Å². The Morgan fingerprint density at radius 1 is 1.04 bits per heavy atom. The zero-order chi connectivity index (χ0) is 20.1. The second-order valence-corrected chi connectivity index (χ2v) is 7.24. The standard InChI is InChI=1S/C20H18ClN3O3S/c1-3-27-16-10-6-14(7-11-16)20-22-12(2)17(28-20)19(26)24-23-18(25)13-4-8-15(21)9-5-13/h4-11H,3H2,1-2H3,(H,23,25)(H,24,26). The van der Waals surface area contributed by atoms with Crippen LogP contribution in [0.4, 0.5) is 0 Å². The Labute approximate surface area is 171 Å². The van der Waals surface area contributed by atoms with Crippen LogP contribution in [0.2, 0.25) is 5.02 Å². The van der Waals surface area contributed by atoms with Crippen molar-refractivity contribution in [2.24, 2.45) is 0 Å². The van der Waals surface area contributed by atoms with Gasteiger partial charge in [-0.2, -0.15) is 0 Å². The molecule has 0 fully saturated rings. The first-order valence-corrected chi connectivity index (χ1v) is 9.74. The maximum absolute atomic E-state index is 12.4. The van der Waals surface area contributed by atoms with E-state index in [1.165, 1.54) is 11.3 Å². The molecule has 0 saturated heterocycles. The van der Waals surface area contributed by atoms with E-state index in [1.807, 2.05) is 31.2 Å². The van der Waals surface area contributed by atoms with Gasteiger partial charge in [-0.05, 0) is 62.4 Å². The molecule has 28 heavy (non-hydrogen) atoms. The predicted molar refractivity (Wildman–Crippen MR) is 110 cm³/mol. The zero-order valence-corrected chi connectivity index (χ0v) is 16.9. The van der Waals surface area contributed by atoms with E-state index in [9.17, 15) is 9.59 Å². The summed E-state index contributed by atoms with van der Waals surface area (Å²) < 4.78 is 5.43. The summed E-state index contributed by atoms with van der Waals surface area (Å²) in [7, 11) is 0. The first kappa shape index (κ1) is 19.9. The highest BCUT2D eigenvalue weighted by molar-refractivity contribution is 7.17. The van der Waals surface area contributed by atoms with Gasteiger partial charge < -0.3 is 4.74 Å². The number of amides is 2. The number of nitrogens with zero attached hydrogens (tertiary/aromatic N) is 1. The maximum atomic E-state index is 12.4. The van der Waals surface area contributed by atoms with Crippen molar-refractivity contribution in [1.29, 1.82) is 0 Å². The van der Waals surface area contributed by atoms with Gasteiger partial charge in [0.2, 0.25) is 0 Å². The van der Waals surface area contributed by atoms with Crippen LogP contribution in [-0.4, -0.2) is 23.4 Å². The molecule has 8 heteroatoms. The highest BCUT2D eigenvalue weighted by Gasteiger charge is 2.17. The Morgan fingerprint density at radius 2 is 1.68 bits per heavy atom. The number of thiazole rings is 1. The minimum atomic E-state index is -0.432. The molecule has 0 unspecified atom stereocenters. The van der Waals surface area contributed by atoms with Gasteiger partial charge in [0.1, 0.15) is 15.6 Å². The summed E-state index contributed by atoms with van der Waals surface area (Å²) in [5.41, 5.74) is 6.69. The largest absolute Gasteiger partial charge is 0.494 e. The van der Waals surface area contributed by atoms with Gasteiger partial charge in [-0.15, -0.1) is 11.3 Å². The molecule has 0 aliphatic carbocycles. The van der Waals surface area contributed by atoms with Crippen molar-refractivity contribution in [3.8, 4) is 16.3 Å². The Morgan fingerprint density at radius 3 is 2.32 bits per heavy atom. The number of carbonyl (C=O) groups is 2. The molecule has 2 amide bonds. The first-order valence-electron chi connectivity index (χ1n) is 8.55. The number of benzene rings is 2. The number of aryl methyl sites for hydroxylation is 1. The van der Waals surface area contributed by atoms with Crippen molar-refractivity contribution >= 4 is 34.8 Å². The molecular formula is C20H18ClN3O3S. The summed E-state index contributed by atoms with van der Waals surface area (Å²) in [5.74, 6) is -0.0733. The van der Waals surface area contributed by atoms with E-state index in [0.717, 1.165) is 16.3 Å². The molecule has 2 aromatic carbocycles. The summed E-state index contributed by atoms with van der Waals surface area (Å²) in [6.07, 6.45) is 0. The lowest BCUT2D eigenvalue weighted by Crippen LogP contribution is -2.41. The molecule has 3 aromatic rings. The van der Waals surface area contributed by atoms with Gasteiger partial charge in [-0.1, -0.05) is 11.6 Å². The third-order valence-corrected chi connectivity index (χ3v) is 5.27. The van der Waals surface area contributed by atoms with Crippen LogP contribution in [0.3, 0.4) is 0 Å². The smallest absolute Gasteiger partial charge is 0.281 e. The van der Waals surface area contributed by atoms with Gasteiger partial charge in [-0.3, -0.25) is 20.4 Å². The molecule has 3 rings (SSSR count). The lowest BCUT2D eigenvalue weighted by Gasteiger charge is -2.06. The SMILES string of the molecule is CCOc1ccc(-c2nc(C)c(C(=O)NNC(=O)c3ccc(Cl)cc3)s2)cc1. The predicted octanol–water partition coefficient (Wildman–Crippen LogP) is 4.25. The molecular weight excluding hydrogens is 398 g/mol. The normalized spacial score (nSPS) is 10.4. The fourth-order valence-corrected chi connectivity index (χ4v) is 3.53. The molecule has 0 aliphatic heterocycles. The van der Waals surface area contributed by atoms with E-state index >= 15 is 0 Å². The first-order chi connectivity index (χ1) is 13.5. The number of hydrogen-bond donors (Lipinski definition) is 2.